The Hall–Kier alpha value is -2.04. The van der Waals surface area contributed by atoms with Crippen molar-refractivity contribution in [2.45, 2.75) is 18.8 Å². The molecule has 1 aromatic rings. The van der Waals surface area contributed by atoms with Crippen molar-refractivity contribution in [3.05, 3.63) is 45.6 Å². The lowest BCUT2D eigenvalue weighted by Crippen LogP contribution is -2.17. The highest BCUT2D eigenvalue weighted by Gasteiger charge is 2.37. The van der Waals surface area contributed by atoms with Crippen molar-refractivity contribution >= 4 is 27.7 Å². The molecule has 0 saturated carbocycles. The molecule has 11 heteroatoms. The average molecular weight is 432 g/mol. The number of nitrogens with two attached hydrogens (primary N) is 1. The second-order valence-electron chi connectivity index (χ2n) is 4.72. The highest BCUT2D eigenvalue weighted by molar-refractivity contribution is 9.11. The SMILES string of the molecule is CN/C(Br)=C\C(N)=NC(=O)Cc1cc(C(F)(F)F)ccc1C(F)(F)F. The third-order valence-electron chi connectivity index (χ3n) is 2.85. The standard InChI is InChI=1S/C14H12BrF6N3O/c1-23-10(15)6-11(22)24-12(25)5-7-4-8(13(16,17)18)2-3-9(7)14(19,20)21/h2-4,6,23H,5H2,1H3,(H2,22,24,25)/b10-6-. The van der Waals surface area contributed by atoms with Crippen molar-refractivity contribution in [1.29, 1.82) is 0 Å². The zero-order valence-corrected chi connectivity index (χ0v) is 14.2. The number of hydrogen-bond donors (Lipinski definition) is 2. The van der Waals surface area contributed by atoms with E-state index in [1.54, 1.807) is 0 Å². The van der Waals surface area contributed by atoms with Crippen LogP contribution in [0.5, 0.6) is 0 Å². The van der Waals surface area contributed by atoms with Gasteiger partial charge in [-0.3, -0.25) is 4.79 Å². The monoisotopic (exact) mass is 431 g/mol. The van der Waals surface area contributed by atoms with E-state index in [-0.39, 0.29) is 18.0 Å². The minimum atomic E-state index is -4.91. The van der Waals surface area contributed by atoms with Crippen molar-refractivity contribution in [3.63, 3.8) is 0 Å². The van der Waals surface area contributed by atoms with E-state index in [4.69, 9.17) is 5.73 Å². The van der Waals surface area contributed by atoms with Crippen LogP contribution in [-0.4, -0.2) is 18.8 Å². The summed E-state index contributed by atoms with van der Waals surface area (Å²) in [6.45, 7) is 0. The quantitative estimate of drug-likeness (QED) is 0.331. The minimum Gasteiger partial charge on any atom is -0.384 e. The molecule has 0 radical (unpaired) electrons. The summed E-state index contributed by atoms with van der Waals surface area (Å²) < 4.78 is 77.2. The summed E-state index contributed by atoms with van der Waals surface area (Å²) in [7, 11) is 1.52. The van der Waals surface area contributed by atoms with Crippen molar-refractivity contribution in [2.75, 3.05) is 7.05 Å². The van der Waals surface area contributed by atoms with Crippen LogP contribution in [0.2, 0.25) is 0 Å². The van der Waals surface area contributed by atoms with Crippen LogP contribution in [0.25, 0.3) is 0 Å². The number of halogens is 7. The molecule has 0 saturated heterocycles. The van der Waals surface area contributed by atoms with Gasteiger partial charge in [0.1, 0.15) is 5.84 Å². The molecule has 3 N–H and O–H groups in total. The summed E-state index contributed by atoms with van der Waals surface area (Å²) >= 11 is 3.01. The summed E-state index contributed by atoms with van der Waals surface area (Å²) in [5.74, 6) is -1.44. The van der Waals surface area contributed by atoms with Crippen LogP contribution in [0.1, 0.15) is 16.7 Å². The normalized spacial score (nSPS) is 13.8. The predicted octanol–water partition coefficient (Wildman–Crippen LogP) is 3.61. The van der Waals surface area contributed by atoms with Crippen LogP contribution in [0.4, 0.5) is 26.3 Å². The van der Waals surface area contributed by atoms with E-state index in [1.165, 1.54) is 13.1 Å². The Labute approximate surface area is 146 Å². The van der Waals surface area contributed by atoms with E-state index in [0.717, 1.165) is 0 Å². The van der Waals surface area contributed by atoms with Crippen LogP contribution in [-0.2, 0) is 23.6 Å². The molecule has 138 valence electrons. The van der Waals surface area contributed by atoms with Crippen molar-refractivity contribution in [3.8, 4) is 0 Å². The molecule has 0 aromatic heterocycles. The molecule has 0 fully saturated rings. The van der Waals surface area contributed by atoms with Crippen LogP contribution < -0.4 is 11.1 Å². The number of amides is 1. The van der Waals surface area contributed by atoms with Gasteiger partial charge in [0, 0.05) is 13.1 Å². The smallest absolute Gasteiger partial charge is 0.384 e. The Bertz CT molecular complexity index is 709. The van der Waals surface area contributed by atoms with E-state index in [1.807, 2.05) is 0 Å². The summed E-state index contributed by atoms with van der Waals surface area (Å²) in [6.07, 6.45) is -9.56. The molecule has 25 heavy (non-hydrogen) atoms. The second-order valence-corrected chi connectivity index (χ2v) is 5.57. The summed E-state index contributed by atoms with van der Waals surface area (Å²) in [5.41, 5.74) is 1.94. The zero-order valence-electron chi connectivity index (χ0n) is 12.6. The lowest BCUT2D eigenvalue weighted by atomic mass is 10.00. The van der Waals surface area contributed by atoms with E-state index in [9.17, 15) is 31.1 Å². The Morgan fingerprint density at radius 3 is 2.32 bits per heavy atom. The summed E-state index contributed by atoms with van der Waals surface area (Å²) in [6, 6.07) is 0.878. The molecular weight excluding hydrogens is 420 g/mol. The topological polar surface area (TPSA) is 67.5 Å². The molecule has 4 nitrogen and oxygen atoms in total. The number of hydrogen-bond acceptors (Lipinski definition) is 2. The van der Waals surface area contributed by atoms with Crippen LogP contribution in [0, 0.1) is 0 Å². The molecule has 1 amide bonds. The van der Waals surface area contributed by atoms with Gasteiger partial charge in [-0.2, -0.15) is 31.3 Å². The molecule has 0 aliphatic carbocycles. The molecule has 0 heterocycles. The third-order valence-corrected chi connectivity index (χ3v) is 3.47. The molecular formula is C14H12BrF6N3O. The first-order chi connectivity index (χ1) is 11.3. The van der Waals surface area contributed by atoms with Gasteiger partial charge in [0.15, 0.2) is 0 Å². The number of nitrogens with zero attached hydrogens (tertiary/aromatic N) is 1. The average Bonchev–Trinajstić information content (AvgIpc) is 2.44. The molecule has 1 rings (SSSR count). The van der Waals surface area contributed by atoms with Gasteiger partial charge in [-0.25, -0.2) is 0 Å². The number of amidine groups is 1. The fraction of sp³-hybridized carbons (Fsp3) is 0.286. The first kappa shape index (κ1) is 21.0. The molecule has 0 unspecified atom stereocenters. The maximum Gasteiger partial charge on any atom is 0.416 e. The minimum absolute atomic E-state index is 0.284. The van der Waals surface area contributed by atoms with Gasteiger partial charge in [-0.1, -0.05) is 0 Å². The molecule has 0 atom stereocenters. The van der Waals surface area contributed by atoms with E-state index >= 15 is 0 Å². The maximum atomic E-state index is 12.9. The number of rotatable bonds is 4. The van der Waals surface area contributed by atoms with E-state index < -0.39 is 41.4 Å². The van der Waals surface area contributed by atoms with Gasteiger partial charge in [0.05, 0.1) is 22.2 Å². The van der Waals surface area contributed by atoms with Crippen molar-refractivity contribution in [1.82, 2.24) is 5.32 Å². The fourth-order valence-electron chi connectivity index (χ4n) is 1.77. The molecule has 0 aliphatic heterocycles. The number of carbonyl (C=O) groups is 1. The first-order valence-corrected chi connectivity index (χ1v) is 7.33. The van der Waals surface area contributed by atoms with Crippen molar-refractivity contribution < 1.29 is 31.1 Å². The van der Waals surface area contributed by atoms with Gasteiger partial charge in [0.2, 0.25) is 0 Å². The van der Waals surface area contributed by atoms with Gasteiger partial charge < -0.3 is 11.1 Å². The molecule has 0 spiro atoms. The third kappa shape index (κ3) is 6.40. The van der Waals surface area contributed by atoms with Crippen LogP contribution in [0.3, 0.4) is 0 Å². The van der Waals surface area contributed by atoms with E-state index in [0.29, 0.717) is 10.7 Å². The number of carbonyl (C=O) groups excluding carboxylic acids is 1. The first-order valence-electron chi connectivity index (χ1n) is 6.54. The van der Waals surface area contributed by atoms with Crippen molar-refractivity contribution in [2.24, 2.45) is 10.7 Å². The van der Waals surface area contributed by atoms with Gasteiger partial charge in [0.25, 0.3) is 5.91 Å². The highest BCUT2D eigenvalue weighted by atomic mass is 79.9. The fourth-order valence-corrected chi connectivity index (χ4v) is 2.01. The zero-order chi connectivity index (χ0) is 19.4. The Kier molecular flexibility index (Phi) is 6.63. The molecule has 0 bridgehead atoms. The number of nitrogens with one attached hydrogen (secondary N) is 1. The summed E-state index contributed by atoms with van der Waals surface area (Å²) in [5, 5.41) is 2.60. The van der Waals surface area contributed by atoms with Crippen LogP contribution >= 0.6 is 15.9 Å². The Morgan fingerprint density at radius 2 is 1.84 bits per heavy atom. The van der Waals surface area contributed by atoms with Gasteiger partial charge >= 0.3 is 12.4 Å². The predicted molar refractivity (Wildman–Crippen MR) is 82.8 cm³/mol. The van der Waals surface area contributed by atoms with Crippen LogP contribution in [0.15, 0.2) is 33.9 Å². The lowest BCUT2D eigenvalue weighted by Gasteiger charge is -2.15. The number of benzene rings is 1. The van der Waals surface area contributed by atoms with Gasteiger partial charge in [-0.15, -0.1) is 0 Å². The highest BCUT2D eigenvalue weighted by Crippen LogP contribution is 2.36. The summed E-state index contributed by atoms with van der Waals surface area (Å²) in [4.78, 5) is 15.1. The molecule has 0 aliphatic rings. The maximum absolute atomic E-state index is 12.9. The largest absolute Gasteiger partial charge is 0.416 e. The Morgan fingerprint density at radius 1 is 1.24 bits per heavy atom. The molecule has 1 aromatic carbocycles. The van der Waals surface area contributed by atoms with E-state index in [2.05, 4.69) is 26.2 Å². The number of alkyl halides is 6. The number of aliphatic imine (C=N–C) groups is 1. The van der Waals surface area contributed by atoms with Gasteiger partial charge in [-0.05, 0) is 39.7 Å². The Balaban J connectivity index is 3.22. The second kappa shape index (κ2) is 7.89. The lowest BCUT2D eigenvalue weighted by molar-refractivity contribution is -0.142.